The van der Waals surface area contributed by atoms with Crippen molar-refractivity contribution in [2.24, 2.45) is 5.73 Å². The molecule has 3 aromatic heterocycles. The molecule has 0 radical (unpaired) electrons. The lowest BCUT2D eigenvalue weighted by Gasteiger charge is -2.37. The van der Waals surface area contributed by atoms with Gasteiger partial charge in [-0.25, -0.2) is 4.98 Å². The van der Waals surface area contributed by atoms with Gasteiger partial charge < -0.3 is 34.3 Å². The summed E-state index contributed by atoms with van der Waals surface area (Å²) in [5, 5.41) is 0.879. The van der Waals surface area contributed by atoms with Crippen LogP contribution in [0.4, 0.5) is 17.7 Å². The molecule has 2 atom stereocenters. The van der Waals surface area contributed by atoms with Gasteiger partial charge in [0.2, 0.25) is 11.9 Å². The number of nitrogens with two attached hydrogens (primary N) is 1. The lowest BCUT2D eigenvalue weighted by Crippen LogP contribution is -2.46. The van der Waals surface area contributed by atoms with Crippen molar-refractivity contribution in [3.63, 3.8) is 0 Å². The molecule has 0 bridgehead atoms. The number of anilines is 3. The van der Waals surface area contributed by atoms with Crippen molar-refractivity contribution < 1.29 is 18.7 Å². The molecule has 3 aromatic rings. The molecule has 11 heteroatoms. The maximum absolute atomic E-state index is 11.3. The number of pyridine rings is 1. The Morgan fingerprint density at radius 2 is 1.74 bits per heavy atom. The van der Waals surface area contributed by atoms with E-state index >= 15 is 0 Å². The molecule has 2 saturated heterocycles. The minimum absolute atomic E-state index is 0.0630. The van der Waals surface area contributed by atoms with Gasteiger partial charge >= 0.3 is 0 Å². The summed E-state index contributed by atoms with van der Waals surface area (Å²) in [7, 11) is 1.75. The zero-order valence-electron chi connectivity index (χ0n) is 20.3. The molecule has 35 heavy (non-hydrogen) atoms. The molecule has 2 N–H and O–H groups in total. The predicted molar refractivity (Wildman–Crippen MR) is 133 cm³/mol. The highest BCUT2D eigenvalue weighted by molar-refractivity contribution is 5.90. The summed E-state index contributed by atoms with van der Waals surface area (Å²) in [5.74, 6) is 2.20. The number of hydrogen-bond acceptors (Lipinski definition) is 10. The largest absolute Gasteiger partial charge is 0.439 e. The van der Waals surface area contributed by atoms with Gasteiger partial charge in [0.15, 0.2) is 17.3 Å². The highest BCUT2D eigenvalue weighted by Crippen LogP contribution is 2.32. The maximum Gasteiger partial charge on any atom is 0.237 e. The van der Waals surface area contributed by atoms with Gasteiger partial charge in [-0.2, -0.15) is 9.97 Å². The molecule has 186 valence electrons. The molecule has 5 rings (SSSR count). The number of carbonyl (C=O) groups excluding carboxylic acids is 1. The minimum Gasteiger partial charge on any atom is -0.439 e. The third kappa shape index (κ3) is 4.73. The summed E-state index contributed by atoms with van der Waals surface area (Å²) < 4.78 is 17.2. The second-order valence-electron chi connectivity index (χ2n) is 9.11. The van der Waals surface area contributed by atoms with Crippen molar-refractivity contribution in [3.8, 4) is 11.5 Å². The molecular formula is C24H31N7O4. The van der Waals surface area contributed by atoms with E-state index in [1.807, 2.05) is 18.2 Å². The summed E-state index contributed by atoms with van der Waals surface area (Å²) in [4.78, 5) is 32.1. The lowest BCUT2D eigenvalue weighted by atomic mass is 10.2. The number of rotatable bonds is 6. The summed E-state index contributed by atoms with van der Waals surface area (Å²) >= 11 is 0. The summed E-state index contributed by atoms with van der Waals surface area (Å²) in [6.45, 7) is 8.35. The van der Waals surface area contributed by atoms with E-state index in [1.54, 1.807) is 18.0 Å². The van der Waals surface area contributed by atoms with Crippen LogP contribution >= 0.6 is 0 Å². The Hall–Kier alpha value is -3.44. The van der Waals surface area contributed by atoms with Crippen LogP contribution in [0.1, 0.15) is 13.8 Å². The van der Waals surface area contributed by atoms with E-state index in [0.29, 0.717) is 55.4 Å². The summed E-state index contributed by atoms with van der Waals surface area (Å²) in [5.41, 5.74) is 6.56. The van der Waals surface area contributed by atoms with E-state index in [1.165, 1.54) is 0 Å². The van der Waals surface area contributed by atoms with Crippen LogP contribution in [0.2, 0.25) is 0 Å². The van der Waals surface area contributed by atoms with Crippen LogP contribution in [0.15, 0.2) is 28.7 Å². The first kappa shape index (κ1) is 23.3. The second-order valence-corrected chi connectivity index (χ2v) is 9.11. The number of fused-ring (bicyclic) bond motifs is 1. The monoisotopic (exact) mass is 481 g/mol. The van der Waals surface area contributed by atoms with E-state index in [2.05, 4.69) is 23.6 Å². The number of likely N-dealkylation sites (N-methyl/N-ethyl adjacent to an activating group) is 1. The average molecular weight is 482 g/mol. The number of carbonyl (C=O) groups is 1. The van der Waals surface area contributed by atoms with Gasteiger partial charge in [-0.3, -0.25) is 4.79 Å². The zero-order chi connectivity index (χ0) is 24.5. The fourth-order valence-corrected chi connectivity index (χ4v) is 4.52. The predicted octanol–water partition coefficient (Wildman–Crippen LogP) is 1.66. The van der Waals surface area contributed by atoms with Crippen LogP contribution in [0.25, 0.3) is 22.5 Å². The van der Waals surface area contributed by atoms with Crippen molar-refractivity contribution in [2.45, 2.75) is 25.9 Å². The van der Waals surface area contributed by atoms with Crippen molar-refractivity contribution in [3.05, 3.63) is 24.3 Å². The van der Waals surface area contributed by atoms with Crippen LogP contribution in [0.5, 0.6) is 0 Å². The van der Waals surface area contributed by atoms with Gasteiger partial charge in [0.1, 0.15) is 11.5 Å². The van der Waals surface area contributed by atoms with Gasteiger partial charge in [-0.05, 0) is 32.0 Å². The van der Waals surface area contributed by atoms with Crippen molar-refractivity contribution >= 4 is 34.6 Å². The van der Waals surface area contributed by atoms with Crippen molar-refractivity contribution in [1.82, 2.24) is 15.0 Å². The number of amides is 1. The Bertz CT molecular complexity index is 1220. The molecule has 1 amide bonds. The lowest BCUT2D eigenvalue weighted by molar-refractivity contribution is -0.116. The highest BCUT2D eigenvalue weighted by Gasteiger charge is 2.27. The standard InChI is InChI=1S/C24H31N7O4/c1-15-13-33-10-8-30(15)23-17-4-5-18(19-6-7-21(35-19)29(3)12-20(25)32)26-22(17)27-24(28-23)31-9-11-34-14-16(31)2/h4-7,15-16H,8-14H2,1-3H3,(H2,25,32)/t15-,16-/m0/s1. The van der Waals surface area contributed by atoms with E-state index in [-0.39, 0.29) is 18.6 Å². The van der Waals surface area contributed by atoms with Gasteiger partial charge in [-0.15, -0.1) is 0 Å². The molecule has 5 heterocycles. The van der Waals surface area contributed by atoms with Crippen LogP contribution < -0.4 is 20.4 Å². The first-order valence-corrected chi connectivity index (χ1v) is 11.9. The first-order valence-electron chi connectivity index (χ1n) is 11.9. The zero-order valence-corrected chi connectivity index (χ0v) is 20.3. The quantitative estimate of drug-likeness (QED) is 0.556. The number of aromatic nitrogens is 3. The number of nitrogens with zero attached hydrogens (tertiary/aromatic N) is 6. The Kier molecular flexibility index (Phi) is 6.44. The molecule has 11 nitrogen and oxygen atoms in total. The van der Waals surface area contributed by atoms with E-state index < -0.39 is 5.91 Å². The number of primary amides is 1. The summed E-state index contributed by atoms with van der Waals surface area (Å²) in [6, 6.07) is 7.88. The fraction of sp³-hybridized carbons (Fsp3) is 0.500. The smallest absolute Gasteiger partial charge is 0.237 e. The highest BCUT2D eigenvalue weighted by atomic mass is 16.5. The van der Waals surface area contributed by atoms with Crippen LogP contribution in [-0.2, 0) is 14.3 Å². The van der Waals surface area contributed by atoms with E-state index in [4.69, 9.17) is 34.6 Å². The van der Waals surface area contributed by atoms with E-state index in [9.17, 15) is 4.79 Å². The Morgan fingerprint density at radius 1 is 1.03 bits per heavy atom. The van der Waals surface area contributed by atoms with Gasteiger partial charge in [0.05, 0.1) is 50.4 Å². The van der Waals surface area contributed by atoms with Gasteiger partial charge in [0, 0.05) is 26.2 Å². The second kappa shape index (κ2) is 9.67. The van der Waals surface area contributed by atoms with Crippen molar-refractivity contribution in [1.29, 1.82) is 0 Å². The number of ether oxygens (including phenoxy) is 2. The third-order valence-corrected chi connectivity index (χ3v) is 6.41. The molecule has 0 spiro atoms. The molecule has 0 aromatic carbocycles. The van der Waals surface area contributed by atoms with Crippen molar-refractivity contribution in [2.75, 3.05) is 67.8 Å². The third-order valence-electron chi connectivity index (χ3n) is 6.41. The molecule has 0 unspecified atom stereocenters. The Morgan fingerprint density at radius 3 is 2.43 bits per heavy atom. The van der Waals surface area contributed by atoms with Gasteiger partial charge in [0.25, 0.3) is 0 Å². The fourth-order valence-electron chi connectivity index (χ4n) is 4.52. The molecule has 2 fully saturated rings. The number of hydrogen-bond donors (Lipinski definition) is 1. The molecule has 0 saturated carbocycles. The minimum atomic E-state index is -0.430. The van der Waals surface area contributed by atoms with Crippen LogP contribution in [0, 0.1) is 0 Å². The Balaban J connectivity index is 1.57. The number of furan rings is 1. The summed E-state index contributed by atoms with van der Waals surface area (Å²) in [6.07, 6.45) is 0. The molecule has 2 aliphatic heterocycles. The van der Waals surface area contributed by atoms with Gasteiger partial charge in [-0.1, -0.05) is 0 Å². The number of morpholine rings is 2. The SMILES string of the molecule is C[C@H]1COCCN1c1nc(N2CCOC[C@@H]2C)c2ccc(-c3ccc(N(C)CC(N)=O)o3)nc2n1. The first-order chi connectivity index (χ1) is 16.9. The van der Waals surface area contributed by atoms with Crippen LogP contribution in [-0.4, -0.2) is 86.1 Å². The molecule has 2 aliphatic rings. The topological polar surface area (TPSA) is 123 Å². The maximum atomic E-state index is 11.3. The Labute approximate surface area is 203 Å². The molecular weight excluding hydrogens is 450 g/mol. The van der Waals surface area contributed by atoms with E-state index in [0.717, 1.165) is 24.3 Å². The van der Waals surface area contributed by atoms with Crippen LogP contribution in [0.3, 0.4) is 0 Å². The molecule has 0 aliphatic carbocycles. The normalized spacial score (nSPS) is 20.9. The average Bonchev–Trinajstić information content (AvgIpc) is 3.34.